The highest BCUT2D eigenvalue weighted by atomic mass is 16.5. The van der Waals surface area contributed by atoms with Gasteiger partial charge in [0, 0.05) is 0 Å². The van der Waals surface area contributed by atoms with Crippen LogP contribution >= 0.6 is 0 Å². The van der Waals surface area contributed by atoms with E-state index in [1.165, 1.54) is 13.4 Å². The Hall–Kier alpha value is -1.12. The van der Waals surface area contributed by atoms with Crippen molar-refractivity contribution in [3.63, 3.8) is 0 Å². The van der Waals surface area contributed by atoms with Crippen LogP contribution in [0.15, 0.2) is 12.2 Å². The first-order valence-corrected chi connectivity index (χ1v) is 1.87. The molecule has 0 amide bonds. The van der Waals surface area contributed by atoms with Gasteiger partial charge in [-0.1, -0.05) is 6.58 Å². The molecule has 0 aliphatic rings. The average Bonchev–Trinajstić information content (AvgIpc) is 1.84. The van der Waals surface area contributed by atoms with E-state index in [1.807, 2.05) is 0 Å². The van der Waals surface area contributed by atoms with Gasteiger partial charge in [0.2, 0.25) is 6.29 Å². The van der Waals surface area contributed by atoms with Gasteiger partial charge in [-0.3, -0.25) is 4.79 Å². The highest BCUT2D eigenvalue weighted by Crippen LogP contribution is 1.85. The van der Waals surface area contributed by atoms with Gasteiger partial charge >= 0.3 is 5.97 Å². The van der Waals surface area contributed by atoms with Crippen molar-refractivity contribution in [3.8, 4) is 0 Å². The maximum Gasteiger partial charge on any atom is 0.341 e. The largest absolute Gasteiger partial charge is 0.465 e. The summed E-state index contributed by atoms with van der Waals surface area (Å²) < 4.78 is 4.10. The molecule has 0 rings (SSSR count). The number of methoxy groups -OCH3 is 1. The average molecular weight is 113 g/mol. The van der Waals surface area contributed by atoms with Gasteiger partial charge in [-0.25, -0.2) is 4.79 Å². The van der Waals surface area contributed by atoms with Crippen LogP contribution in [0.5, 0.6) is 0 Å². The number of ether oxygens (including phenoxy) is 1. The molecule has 0 aromatic carbocycles. The number of hydrogen-bond donors (Lipinski definition) is 0. The van der Waals surface area contributed by atoms with Gasteiger partial charge in [0.1, 0.15) is 5.57 Å². The Morgan fingerprint density at radius 2 is 2.25 bits per heavy atom. The van der Waals surface area contributed by atoms with E-state index in [0.29, 0.717) is 0 Å². The summed E-state index contributed by atoms with van der Waals surface area (Å²) in [5.41, 5.74) is -0.285. The molecule has 0 atom stereocenters. The number of carbonyl (C=O) groups excluding carboxylic acids is 2. The molecule has 8 heavy (non-hydrogen) atoms. The fraction of sp³-hybridized carbons (Fsp3) is 0.200. The molecule has 1 radical (unpaired) electrons. The van der Waals surface area contributed by atoms with Crippen molar-refractivity contribution >= 4 is 12.3 Å². The zero-order valence-electron chi connectivity index (χ0n) is 4.43. The number of carbonyl (C=O) groups is 1. The van der Waals surface area contributed by atoms with Crippen LogP contribution < -0.4 is 0 Å². The Morgan fingerprint density at radius 3 is 2.38 bits per heavy atom. The van der Waals surface area contributed by atoms with Gasteiger partial charge in [0.15, 0.2) is 0 Å². The molecule has 0 bridgehead atoms. The van der Waals surface area contributed by atoms with E-state index >= 15 is 0 Å². The van der Waals surface area contributed by atoms with Crippen molar-refractivity contribution in [2.45, 2.75) is 0 Å². The zero-order valence-corrected chi connectivity index (χ0v) is 4.43. The standard InChI is InChI=1S/C5H5O3/c1-4(3-6)5(7)8-2/h1H2,2H3. The third kappa shape index (κ3) is 1.55. The summed E-state index contributed by atoms with van der Waals surface area (Å²) in [6.45, 7) is 3.05. The van der Waals surface area contributed by atoms with Crippen molar-refractivity contribution in [1.29, 1.82) is 0 Å². The van der Waals surface area contributed by atoms with E-state index in [1.54, 1.807) is 0 Å². The highest BCUT2D eigenvalue weighted by molar-refractivity contribution is 6.07. The molecule has 0 heterocycles. The smallest absolute Gasteiger partial charge is 0.341 e. The number of rotatable bonds is 2. The maximum absolute atomic E-state index is 10.2. The summed E-state index contributed by atoms with van der Waals surface area (Å²) in [7, 11) is 1.17. The Morgan fingerprint density at radius 1 is 1.75 bits per heavy atom. The van der Waals surface area contributed by atoms with Crippen molar-refractivity contribution in [1.82, 2.24) is 0 Å². The van der Waals surface area contributed by atoms with Crippen LogP contribution in [-0.4, -0.2) is 19.4 Å². The summed E-state index contributed by atoms with van der Waals surface area (Å²) >= 11 is 0. The molecule has 0 aliphatic heterocycles. The van der Waals surface area contributed by atoms with E-state index in [-0.39, 0.29) is 5.57 Å². The van der Waals surface area contributed by atoms with Crippen molar-refractivity contribution in [2.75, 3.05) is 7.11 Å². The molecule has 3 nitrogen and oxygen atoms in total. The van der Waals surface area contributed by atoms with E-state index < -0.39 is 5.97 Å². The van der Waals surface area contributed by atoms with E-state index in [0.717, 1.165) is 0 Å². The molecule has 0 saturated heterocycles. The lowest BCUT2D eigenvalue weighted by Crippen LogP contribution is -2.03. The van der Waals surface area contributed by atoms with Crippen LogP contribution in [0, 0.1) is 0 Å². The lowest BCUT2D eigenvalue weighted by Gasteiger charge is -1.89. The Labute approximate surface area is 46.9 Å². The molecule has 0 N–H and O–H groups in total. The summed E-state index contributed by atoms with van der Waals surface area (Å²) in [5, 5.41) is 0. The minimum absolute atomic E-state index is 0.285. The predicted molar refractivity (Wildman–Crippen MR) is 26.8 cm³/mol. The minimum Gasteiger partial charge on any atom is -0.465 e. The Balaban J connectivity index is 3.82. The van der Waals surface area contributed by atoms with Crippen LogP contribution in [0.3, 0.4) is 0 Å². The van der Waals surface area contributed by atoms with Gasteiger partial charge in [-0.05, 0) is 0 Å². The normalized spacial score (nSPS) is 7.62. The molecule has 0 saturated carbocycles. The fourth-order valence-electron chi connectivity index (χ4n) is 0.165. The van der Waals surface area contributed by atoms with Crippen molar-refractivity contribution in [2.24, 2.45) is 0 Å². The lowest BCUT2D eigenvalue weighted by atomic mass is 10.3. The summed E-state index contributed by atoms with van der Waals surface area (Å²) in [4.78, 5) is 19.7. The topological polar surface area (TPSA) is 43.4 Å². The third-order valence-electron chi connectivity index (χ3n) is 0.555. The predicted octanol–water partition coefficient (Wildman–Crippen LogP) is -0.175. The molecule has 3 heteroatoms. The molecule has 0 aromatic rings. The SMILES string of the molecule is C=C([C]=O)C(=O)OC. The Bertz CT molecular complexity index is 126. The summed E-state index contributed by atoms with van der Waals surface area (Å²) in [6, 6.07) is 0. The molecule has 0 unspecified atom stereocenters. The molecule has 0 aromatic heterocycles. The first kappa shape index (κ1) is 6.88. The summed E-state index contributed by atoms with van der Waals surface area (Å²) in [5.74, 6) is -0.736. The second-order valence-electron chi connectivity index (χ2n) is 1.07. The highest BCUT2D eigenvalue weighted by Gasteiger charge is 2.03. The van der Waals surface area contributed by atoms with Gasteiger partial charge in [-0.2, -0.15) is 0 Å². The molecule has 0 spiro atoms. The first-order chi connectivity index (χ1) is 3.72. The van der Waals surface area contributed by atoms with Gasteiger partial charge in [0.05, 0.1) is 7.11 Å². The zero-order chi connectivity index (χ0) is 6.57. The van der Waals surface area contributed by atoms with Gasteiger partial charge in [0.25, 0.3) is 0 Å². The van der Waals surface area contributed by atoms with Crippen LogP contribution in [0.4, 0.5) is 0 Å². The molecule has 0 fully saturated rings. The van der Waals surface area contributed by atoms with Crippen LogP contribution in [0.1, 0.15) is 0 Å². The Kier molecular flexibility index (Phi) is 2.54. The quantitative estimate of drug-likeness (QED) is 0.216. The monoisotopic (exact) mass is 113 g/mol. The number of hydrogen-bond acceptors (Lipinski definition) is 3. The van der Waals surface area contributed by atoms with Gasteiger partial charge in [-0.15, -0.1) is 0 Å². The molecular weight excluding hydrogens is 108 g/mol. The van der Waals surface area contributed by atoms with Crippen molar-refractivity contribution < 1.29 is 14.3 Å². The van der Waals surface area contributed by atoms with E-state index in [4.69, 9.17) is 0 Å². The van der Waals surface area contributed by atoms with Crippen LogP contribution in [0.25, 0.3) is 0 Å². The van der Waals surface area contributed by atoms with Crippen LogP contribution in [0.2, 0.25) is 0 Å². The van der Waals surface area contributed by atoms with E-state index in [9.17, 15) is 9.59 Å². The summed E-state index contributed by atoms with van der Waals surface area (Å²) in [6.07, 6.45) is 1.30. The molecule has 43 valence electrons. The molecular formula is C5H5O3. The first-order valence-electron chi connectivity index (χ1n) is 1.87. The number of esters is 1. The minimum atomic E-state index is -0.736. The molecule has 0 aliphatic carbocycles. The second kappa shape index (κ2) is 2.96. The maximum atomic E-state index is 10.2. The van der Waals surface area contributed by atoms with Gasteiger partial charge < -0.3 is 4.74 Å². The third-order valence-corrected chi connectivity index (χ3v) is 0.555. The van der Waals surface area contributed by atoms with Crippen molar-refractivity contribution in [3.05, 3.63) is 12.2 Å². The second-order valence-corrected chi connectivity index (χ2v) is 1.07. The van der Waals surface area contributed by atoms with Crippen LogP contribution in [-0.2, 0) is 14.3 Å². The fourth-order valence-corrected chi connectivity index (χ4v) is 0.165. The lowest BCUT2D eigenvalue weighted by molar-refractivity contribution is -0.135. The van der Waals surface area contributed by atoms with E-state index in [2.05, 4.69) is 11.3 Å².